The quantitative estimate of drug-likeness (QED) is 0.725. The van der Waals surface area contributed by atoms with Crippen LogP contribution in [-0.4, -0.2) is 15.8 Å². The summed E-state index contributed by atoms with van der Waals surface area (Å²) in [5, 5.41) is 0. The molecule has 1 aromatic carbocycles. The van der Waals surface area contributed by atoms with Gasteiger partial charge in [-0.25, -0.2) is 9.37 Å². The largest absolute Gasteiger partial charge is 0.331 e. The van der Waals surface area contributed by atoms with Gasteiger partial charge in [-0.3, -0.25) is 4.79 Å². The number of rotatable bonds is 2. The summed E-state index contributed by atoms with van der Waals surface area (Å²) >= 11 is 0. The maximum absolute atomic E-state index is 13.1. The van der Waals surface area contributed by atoms with Crippen LogP contribution < -0.4 is 0 Å². The van der Waals surface area contributed by atoms with Crippen LogP contribution in [0.15, 0.2) is 24.5 Å². The van der Waals surface area contributed by atoms with Crippen molar-refractivity contribution in [3.63, 3.8) is 0 Å². The van der Waals surface area contributed by atoms with E-state index in [0.717, 1.165) is 11.8 Å². The molecule has 0 amide bonds. The summed E-state index contributed by atoms with van der Waals surface area (Å²) in [6.07, 6.45) is 2.32. The van der Waals surface area contributed by atoms with Gasteiger partial charge in [0.1, 0.15) is 11.5 Å². The first-order chi connectivity index (χ1) is 7.63. The van der Waals surface area contributed by atoms with Gasteiger partial charge in [-0.1, -0.05) is 0 Å². The average molecular weight is 218 g/mol. The highest BCUT2D eigenvalue weighted by Gasteiger charge is 2.11. The van der Waals surface area contributed by atoms with E-state index in [1.807, 2.05) is 0 Å². The van der Waals surface area contributed by atoms with Crippen molar-refractivity contribution in [1.82, 2.24) is 9.55 Å². The van der Waals surface area contributed by atoms with E-state index in [2.05, 4.69) is 4.98 Å². The zero-order valence-corrected chi connectivity index (χ0v) is 9.07. The van der Waals surface area contributed by atoms with E-state index in [1.54, 1.807) is 37.0 Å². The van der Waals surface area contributed by atoms with E-state index < -0.39 is 0 Å². The van der Waals surface area contributed by atoms with Crippen molar-refractivity contribution in [1.29, 1.82) is 0 Å². The fourth-order valence-electron chi connectivity index (χ4n) is 1.59. The number of aryl methyl sites for hydroxylation is 2. The second kappa shape index (κ2) is 3.89. The van der Waals surface area contributed by atoms with Crippen LogP contribution in [0.5, 0.6) is 0 Å². The third kappa shape index (κ3) is 1.62. The van der Waals surface area contributed by atoms with Gasteiger partial charge in [-0.05, 0) is 30.7 Å². The van der Waals surface area contributed by atoms with Crippen molar-refractivity contribution in [3.05, 3.63) is 41.6 Å². The van der Waals surface area contributed by atoms with E-state index in [9.17, 15) is 9.18 Å². The Kier molecular flexibility index (Phi) is 2.56. The topological polar surface area (TPSA) is 34.9 Å². The average Bonchev–Trinajstić information content (AvgIpc) is 2.63. The van der Waals surface area contributed by atoms with Gasteiger partial charge in [0.15, 0.2) is 6.29 Å². The van der Waals surface area contributed by atoms with Gasteiger partial charge in [-0.15, -0.1) is 0 Å². The maximum atomic E-state index is 13.1. The maximum Gasteiger partial charge on any atom is 0.168 e. The van der Waals surface area contributed by atoms with E-state index >= 15 is 0 Å². The molecular formula is C12H11FN2O. The van der Waals surface area contributed by atoms with E-state index in [-0.39, 0.29) is 5.82 Å². The van der Waals surface area contributed by atoms with E-state index in [1.165, 1.54) is 6.07 Å². The number of hydrogen-bond acceptors (Lipinski definition) is 2. The van der Waals surface area contributed by atoms with Crippen molar-refractivity contribution in [2.45, 2.75) is 6.92 Å². The number of halogens is 1. The van der Waals surface area contributed by atoms with Gasteiger partial charge in [0.2, 0.25) is 0 Å². The fraction of sp³-hybridized carbons (Fsp3) is 0.167. The molecule has 1 aromatic heterocycles. The standard InChI is InChI=1S/C12H11FN2O/c1-8-5-9(3-4-10(8)13)12-11(6-16)15(2)7-14-12/h3-7H,1-2H3. The van der Waals surface area contributed by atoms with Crippen molar-refractivity contribution in [2.24, 2.45) is 7.05 Å². The molecule has 0 N–H and O–H groups in total. The van der Waals surface area contributed by atoms with Gasteiger partial charge in [0, 0.05) is 12.6 Å². The summed E-state index contributed by atoms with van der Waals surface area (Å²) < 4.78 is 14.7. The third-order valence-electron chi connectivity index (χ3n) is 2.53. The molecule has 0 aliphatic carbocycles. The van der Waals surface area contributed by atoms with Crippen molar-refractivity contribution < 1.29 is 9.18 Å². The minimum atomic E-state index is -0.257. The molecular weight excluding hydrogens is 207 g/mol. The summed E-state index contributed by atoms with van der Waals surface area (Å²) in [5.74, 6) is -0.257. The molecule has 16 heavy (non-hydrogen) atoms. The molecule has 0 spiro atoms. The minimum Gasteiger partial charge on any atom is -0.331 e. The second-order valence-corrected chi connectivity index (χ2v) is 3.67. The molecule has 0 aliphatic heterocycles. The van der Waals surface area contributed by atoms with Crippen molar-refractivity contribution in [2.75, 3.05) is 0 Å². The Morgan fingerprint density at radius 3 is 2.81 bits per heavy atom. The van der Waals surface area contributed by atoms with Crippen LogP contribution in [0.25, 0.3) is 11.3 Å². The Morgan fingerprint density at radius 2 is 2.19 bits per heavy atom. The minimum absolute atomic E-state index is 0.257. The normalized spacial score (nSPS) is 10.4. The molecule has 0 atom stereocenters. The van der Waals surface area contributed by atoms with Gasteiger partial charge in [0.05, 0.1) is 12.0 Å². The lowest BCUT2D eigenvalue weighted by atomic mass is 10.1. The summed E-state index contributed by atoms with van der Waals surface area (Å²) in [6.45, 7) is 1.68. The lowest BCUT2D eigenvalue weighted by Gasteiger charge is -2.02. The zero-order chi connectivity index (χ0) is 11.7. The van der Waals surface area contributed by atoms with Gasteiger partial charge >= 0.3 is 0 Å². The monoisotopic (exact) mass is 218 g/mol. The van der Waals surface area contributed by atoms with E-state index in [0.29, 0.717) is 17.0 Å². The van der Waals surface area contributed by atoms with Crippen LogP contribution in [-0.2, 0) is 7.05 Å². The summed E-state index contributed by atoms with van der Waals surface area (Å²) in [7, 11) is 1.75. The second-order valence-electron chi connectivity index (χ2n) is 3.67. The molecule has 0 saturated heterocycles. The highest BCUT2D eigenvalue weighted by Crippen LogP contribution is 2.22. The lowest BCUT2D eigenvalue weighted by molar-refractivity contribution is 0.111. The summed E-state index contributed by atoms with van der Waals surface area (Å²) in [4.78, 5) is 15.0. The van der Waals surface area contributed by atoms with Crippen LogP contribution in [0.3, 0.4) is 0 Å². The van der Waals surface area contributed by atoms with Crippen LogP contribution in [0, 0.1) is 12.7 Å². The molecule has 0 radical (unpaired) electrons. The predicted octanol–water partition coefficient (Wildman–Crippen LogP) is 2.35. The first-order valence-corrected chi connectivity index (χ1v) is 4.86. The molecule has 2 rings (SSSR count). The lowest BCUT2D eigenvalue weighted by Crippen LogP contribution is -1.94. The van der Waals surface area contributed by atoms with Crippen LogP contribution in [0.1, 0.15) is 16.1 Å². The van der Waals surface area contributed by atoms with Crippen LogP contribution >= 0.6 is 0 Å². The molecule has 0 fully saturated rings. The Labute approximate surface area is 92.5 Å². The van der Waals surface area contributed by atoms with Gasteiger partial charge in [-0.2, -0.15) is 0 Å². The molecule has 2 aromatic rings. The molecule has 82 valence electrons. The number of carbonyl (C=O) groups excluding carboxylic acids is 1. The van der Waals surface area contributed by atoms with Gasteiger partial charge in [0.25, 0.3) is 0 Å². The number of carbonyl (C=O) groups is 1. The summed E-state index contributed by atoms with van der Waals surface area (Å²) in [5.41, 5.74) is 2.37. The first-order valence-electron chi connectivity index (χ1n) is 4.86. The Bertz CT molecular complexity index is 546. The molecule has 0 aliphatic rings. The number of imidazole rings is 1. The Hall–Kier alpha value is -1.97. The van der Waals surface area contributed by atoms with Gasteiger partial charge < -0.3 is 4.57 Å². The summed E-state index contributed by atoms with van der Waals surface area (Å²) in [6, 6.07) is 4.69. The number of aldehydes is 1. The molecule has 1 heterocycles. The first kappa shape index (κ1) is 10.5. The molecule has 0 bridgehead atoms. The smallest absolute Gasteiger partial charge is 0.168 e. The number of hydrogen-bond donors (Lipinski definition) is 0. The molecule has 0 saturated carbocycles. The third-order valence-corrected chi connectivity index (χ3v) is 2.53. The van der Waals surface area contributed by atoms with Crippen molar-refractivity contribution in [3.8, 4) is 11.3 Å². The predicted molar refractivity (Wildman–Crippen MR) is 58.7 cm³/mol. The SMILES string of the molecule is Cc1cc(-c2ncn(C)c2C=O)ccc1F. The molecule has 0 unspecified atom stereocenters. The van der Waals surface area contributed by atoms with E-state index in [4.69, 9.17) is 0 Å². The molecule has 4 heteroatoms. The number of benzene rings is 1. The fourth-order valence-corrected chi connectivity index (χ4v) is 1.59. The zero-order valence-electron chi connectivity index (χ0n) is 9.07. The highest BCUT2D eigenvalue weighted by atomic mass is 19.1. The highest BCUT2D eigenvalue weighted by molar-refractivity contribution is 5.83. The van der Waals surface area contributed by atoms with Crippen LogP contribution in [0.2, 0.25) is 0 Å². The number of aromatic nitrogens is 2. The molecule has 3 nitrogen and oxygen atoms in total. The Morgan fingerprint density at radius 1 is 1.44 bits per heavy atom. The Balaban J connectivity index is 2.58. The van der Waals surface area contributed by atoms with Crippen molar-refractivity contribution >= 4 is 6.29 Å². The van der Waals surface area contributed by atoms with Crippen LogP contribution in [0.4, 0.5) is 4.39 Å². The number of nitrogens with zero attached hydrogens (tertiary/aromatic N) is 2.